The Labute approximate surface area is 224 Å². The van der Waals surface area contributed by atoms with Crippen LogP contribution >= 0.6 is 0 Å². The summed E-state index contributed by atoms with van der Waals surface area (Å²) in [5, 5.41) is 2.86. The molecule has 0 saturated carbocycles. The van der Waals surface area contributed by atoms with Crippen LogP contribution in [-0.4, -0.2) is 56.2 Å². The second-order valence-corrected chi connectivity index (χ2v) is 12.9. The number of aryl methyl sites for hydroxylation is 1. The molecule has 0 aromatic heterocycles. The standard InChI is InChI=1S/C28H36N4O5S/c1-19-5-9-23(10-6-19)32-18-21(17-25(32)33)27(35)31-15-13-20(14-16-31)26(34)29-22-7-11-24(12-8-22)38(36,37)30-28(2,3)4/h5-12,20-21,30H,13-18H2,1-4H3,(H,29,34). The molecule has 38 heavy (non-hydrogen) atoms. The average Bonchev–Trinajstić information content (AvgIpc) is 3.24. The largest absolute Gasteiger partial charge is 0.342 e. The molecule has 2 saturated heterocycles. The molecule has 0 spiro atoms. The summed E-state index contributed by atoms with van der Waals surface area (Å²) < 4.78 is 27.6. The predicted octanol–water partition coefficient (Wildman–Crippen LogP) is 3.30. The first-order valence-corrected chi connectivity index (χ1v) is 14.4. The molecule has 4 rings (SSSR count). The van der Waals surface area contributed by atoms with Gasteiger partial charge < -0.3 is 15.1 Å². The maximum absolute atomic E-state index is 13.1. The van der Waals surface area contributed by atoms with Gasteiger partial charge in [-0.1, -0.05) is 17.7 Å². The lowest BCUT2D eigenvalue weighted by Gasteiger charge is -2.33. The Balaban J connectivity index is 1.28. The van der Waals surface area contributed by atoms with Gasteiger partial charge in [0.15, 0.2) is 0 Å². The molecule has 0 aliphatic carbocycles. The number of anilines is 2. The van der Waals surface area contributed by atoms with E-state index in [4.69, 9.17) is 0 Å². The molecule has 9 nitrogen and oxygen atoms in total. The van der Waals surface area contributed by atoms with Crippen LogP contribution in [0.5, 0.6) is 0 Å². The highest BCUT2D eigenvalue weighted by Gasteiger charge is 2.38. The summed E-state index contributed by atoms with van der Waals surface area (Å²) in [5.74, 6) is -0.861. The van der Waals surface area contributed by atoms with Crippen LogP contribution in [0.3, 0.4) is 0 Å². The van der Waals surface area contributed by atoms with Crippen LogP contribution in [0.1, 0.15) is 45.6 Å². The molecule has 204 valence electrons. The van der Waals surface area contributed by atoms with E-state index in [1.807, 2.05) is 31.2 Å². The van der Waals surface area contributed by atoms with Crippen molar-refractivity contribution >= 4 is 39.1 Å². The molecule has 10 heteroatoms. The van der Waals surface area contributed by atoms with E-state index >= 15 is 0 Å². The van der Waals surface area contributed by atoms with Crippen LogP contribution in [0.25, 0.3) is 0 Å². The SMILES string of the molecule is Cc1ccc(N2CC(C(=O)N3CCC(C(=O)Nc4ccc(S(=O)(=O)NC(C)(C)C)cc4)CC3)CC2=O)cc1. The van der Waals surface area contributed by atoms with Gasteiger partial charge >= 0.3 is 0 Å². The molecule has 0 bridgehead atoms. The Hall–Kier alpha value is -3.24. The smallest absolute Gasteiger partial charge is 0.241 e. The molecule has 0 radical (unpaired) electrons. The highest BCUT2D eigenvalue weighted by Crippen LogP contribution is 2.28. The zero-order valence-corrected chi connectivity index (χ0v) is 23.2. The third kappa shape index (κ3) is 6.60. The number of carbonyl (C=O) groups excluding carboxylic acids is 3. The first kappa shape index (κ1) is 27.8. The quantitative estimate of drug-likeness (QED) is 0.583. The van der Waals surface area contributed by atoms with E-state index in [-0.39, 0.29) is 40.9 Å². The number of nitrogens with zero attached hydrogens (tertiary/aromatic N) is 2. The maximum Gasteiger partial charge on any atom is 0.241 e. The lowest BCUT2D eigenvalue weighted by Crippen LogP contribution is -2.44. The second-order valence-electron chi connectivity index (χ2n) is 11.2. The summed E-state index contributed by atoms with van der Waals surface area (Å²) in [6, 6.07) is 13.8. The fourth-order valence-corrected chi connectivity index (χ4v) is 6.31. The van der Waals surface area contributed by atoms with Gasteiger partial charge in [0.25, 0.3) is 0 Å². The highest BCUT2D eigenvalue weighted by atomic mass is 32.2. The summed E-state index contributed by atoms with van der Waals surface area (Å²) in [5.41, 5.74) is 1.83. The third-order valence-corrected chi connectivity index (χ3v) is 8.64. The van der Waals surface area contributed by atoms with Crippen molar-refractivity contribution in [3.63, 3.8) is 0 Å². The van der Waals surface area contributed by atoms with Crippen LogP contribution < -0.4 is 14.9 Å². The lowest BCUT2D eigenvalue weighted by molar-refractivity contribution is -0.138. The molecule has 2 aromatic carbocycles. The number of benzene rings is 2. The van der Waals surface area contributed by atoms with Crippen LogP contribution in [0, 0.1) is 18.8 Å². The number of hydrogen-bond donors (Lipinski definition) is 2. The van der Waals surface area contributed by atoms with E-state index in [9.17, 15) is 22.8 Å². The summed E-state index contributed by atoms with van der Waals surface area (Å²) >= 11 is 0. The van der Waals surface area contributed by atoms with Crippen LogP contribution in [0.4, 0.5) is 11.4 Å². The summed E-state index contributed by atoms with van der Waals surface area (Å²) in [7, 11) is -3.65. The molecule has 2 aliphatic rings. The summed E-state index contributed by atoms with van der Waals surface area (Å²) in [4.78, 5) is 42.1. The Bertz CT molecular complexity index is 1290. The van der Waals surface area contributed by atoms with Gasteiger partial charge in [-0.05, 0) is 76.9 Å². The van der Waals surface area contributed by atoms with Crippen molar-refractivity contribution in [3.05, 3.63) is 54.1 Å². The Morgan fingerprint density at radius 1 is 0.921 bits per heavy atom. The van der Waals surface area contributed by atoms with Crippen molar-refractivity contribution in [2.24, 2.45) is 11.8 Å². The first-order valence-electron chi connectivity index (χ1n) is 12.9. The van der Waals surface area contributed by atoms with Gasteiger partial charge in [-0.2, -0.15) is 0 Å². The fourth-order valence-electron chi connectivity index (χ4n) is 4.89. The molecular formula is C28H36N4O5S. The number of sulfonamides is 1. The highest BCUT2D eigenvalue weighted by molar-refractivity contribution is 7.89. The van der Waals surface area contributed by atoms with Gasteiger partial charge in [0.05, 0.1) is 10.8 Å². The number of piperidine rings is 1. The molecule has 2 heterocycles. The van der Waals surface area contributed by atoms with Crippen molar-refractivity contribution in [2.75, 3.05) is 29.9 Å². The van der Waals surface area contributed by atoms with E-state index in [0.29, 0.717) is 38.2 Å². The van der Waals surface area contributed by atoms with E-state index in [0.717, 1.165) is 11.3 Å². The minimum Gasteiger partial charge on any atom is -0.342 e. The number of hydrogen-bond acceptors (Lipinski definition) is 5. The zero-order valence-electron chi connectivity index (χ0n) is 22.4. The van der Waals surface area contributed by atoms with Crippen molar-refractivity contribution in [2.45, 2.75) is 57.4 Å². The monoisotopic (exact) mass is 540 g/mol. The van der Waals surface area contributed by atoms with Crippen molar-refractivity contribution in [3.8, 4) is 0 Å². The van der Waals surface area contributed by atoms with Crippen molar-refractivity contribution < 1.29 is 22.8 Å². The van der Waals surface area contributed by atoms with Gasteiger partial charge in [0, 0.05) is 48.9 Å². The van der Waals surface area contributed by atoms with E-state index in [2.05, 4.69) is 10.0 Å². The molecule has 3 amide bonds. The van der Waals surface area contributed by atoms with Gasteiger partial charge in [-0.3, -0.25) is 14.4 Å². The number of nitrogens with one attached hydrogen (secondary N) is 2. The average molecular weight is 541 g/mol. The third-order valence-electron chi connectivity index (χ3n) is 6.87. The molecule has 2 aliphatic heterocycles. The number of amides is 3. The van der Waals surface area contributed by atoms with Crippen molar-refractivity contribution in [1.29, 1.82) is 0 Å². The molecule has 2 fully saturated rings. The summed E-state index contributed by atoms with van der Waals surface area (Å²) in [6.07, 6.45) is 1.26. The van der Waals surface area contributed by atoms with E-state index < -0.39 is 15.6 Å². The number of carbonyl (C=O) groups is 3. The van der Waals surface area contributed by atoms with Gasteiger partial charge in [-0.15, -0.1) is 0 Å². The van der Waals surface area contributed by atoms with Gasteiger partial charge in [0.1, 0.15) is 0 Å². The fraction of sp³-hybridized carbons (Fsp3) is 0.464. The van der Waals surface area contributed by atoms with E-state index in [1.54, 1.807) is 42.7 Å². The Morgan fingerprint density at radius 3 is 2.11 bits per heavy atom. The molecule has 2 N–H and O–H groups in total. The minimum atomic E-state index is -3.65. The minimum absolute atomic E-state index is 0.0347. The molecule has 1 unspecified atom stereocenters. The maximum atomic E-state index is 13.1. The molecular weight excluding hydrogens is 504 g/mol. The Morgan fingerprint density at radius 2 is 1.53 bits per heavy atom. The second kappa shape index (κ2) is 10.9. The lowest BCUT2D eigenvalue weighted by atomic mass is 9.94. The topological polar surface area (TPSA) is 116 Å². The predicted molar refractivity (Wildman–Crippen MR) is 146 cm³/mol. The van der Waals surface area contributed by atoms with Crippen LogP contribution in [0.15, 0.2) is 53.4 Å². The normalized spacial score (nSPS) is 19.1. The first-order chi connectivity index (χ1) is 17.8. The Kier molecular flexibility index (Phi) is 7.94. The molecule has 2 aromatic rings. The van der Waals surface area contributed by atoms with Crippen molar-refractivity contribution in [1.82, 2.24) is 9.62 Å². The van der Waals surface area contributed by atoms with Crippen LogP contribution in [0.2, 0.25) is 0 Å². The number of rotatable bonds is 6. The zero-order chi connectivity index (χ0) is 27.7. The number of likely N-dealkylation sites (tertiary alicyclic amines) is 1. The van der Waals surface area contributed by atoms with Gasteiger partial charge in [-0.25, -0.2) is 13.1 Å². The van der Waals surface area contributed by atoms with E-state index in [1.165, 1.54) is 12.1 Å². The van der Waals surface area contributed by atoms with Crippen LogP contribution in [-0.2, 0) is 24.4 Å². The van der Waals surface area contributed by atoms with Gasteiger partial charge in [0.2, 0.25) is 27.7 Å². The summed E-state index contributed by atoms with van der Waals surface area (Å²) in [6.45, 7) is 8.59. The molecule has 1 atom stereocenters.